The SMILES string of the molecule is COc1ccc(C=Cc2c3ccccc3cc3ccccc23)cc1. The monoisotopic (exact) mass is 310 g/mol. The number of hydrogen-bond donors (Lipinski definition) is 0. The summed E-state index contributed by atoms with van der Waals surface area (Å²) >= 11 is 0. The van der Waals surface area contributed by atoms with Crippen molar-refractivity contribution < 1.29 is 4.74 Å². The van der Waals surface area contributed by atoms with Crippen molar-refractivity contribution in [3.8, 4) is 5.75 Å². The van der Waals surface area contributed by atoms with E-state index >= 15 is 0 Å². The highest BCUT2D eigenvalue weighted by Crippen LogP contribution is 2.30. The van der Waals surface area contributed by atoms with Crippen molar-refractivity contribution in [2.24, 2.45) is 0 Å². The van der Waals surface area contributed by atoms with Gasteiger partial charge in [-0.05, 0) is 50.9 Å². The van der Waals surface area contributed by atoms with Gasteiger partial charge in [-0.2, -0.15) is 0 Å². The first-order chi connectivity index (χ1) is 11.8. The second kappa shape index (κ2) is 6.21. The van der Waals surface area contributed by atoms with Crippen LogP contribution in [0.5, 0.6) is 5.75 Å². The fourth-order valence-corrected chi connectivity index (χ4v) is 3.12. The normalized spacial score (nSPS) is 11.4. The molecule has 116 valence electrons. The Balaban J connectivity index is 1.87. The molecule has 4 aromatic rings. The van der Waals surface area contributed by atoms with Crippen LogP contribution in [-0.2, 0) is 0 Å². The third-order valence-corrected chi connectivity index (χ3v) is 4.37. The number of methoxy groups -OCH3 is 1. The van der Waals surface area contributed by atoms with Gasteiger partial charge in [0.1, 0.15) is 5.75 Å². The molecule has 0 N–H and O–H groups in total. The summed E-state index contributed by atoms with van der Waals surface area (Å²) in [7, 11) is 1.69. The third-order valence-electron chi connectivity index (χ3n) is 4.37. The Labute approximate surface area is 141 Å². The standard InChI is InChI=1S/C23H18O/c1-24-20-13-10-17(11-14-20)12-15-23-21-8-4-2-6-18(21)16-19-7-3-5-9-22(19)23/h2-16H,1H3. The molecule has 1 nitrogen and oxygen atoms in total. The number of rotatable bonds is 3. The largest absolute Gasteiger partial charge is 0.497 e. The van der Waals surface area contributed by atoms with E-state index in [0.717, 1.165) is 11.3 Å². The van der Waals surface area contributed by atoms with Gasteiger partial charge in [-0.3, -0.25) is 0 Å². The molecule has 0 amide bonds. The third kappa shape index (κ3) is 2.65. The summed E-state index contributed by atoms with van der Waals surface area (Å²) in [5.74, 6) is 0.878. The molecule has 0 saturated carbocycles. The van der Waals surface area contributed by atoms with E-state index in [1.54, 1.807) is 7.11 Å². The van der Waals surface area contributed by atoms with Crippen LogP contribution in [-0.4, -0.2) is 7.11 Å². The lowest BCUT2D eigenvalue weighted by molar-refractivity contribution is 0.415. The average molecular weight is 310 g/mol. The van der Waals surface area contributed by atoms with Crippen LogP contribution in [0.4, 0.5) is 0 Å². The van der Waals surface area contributed by atoms with Gasteiger partial charge >= 0.3 is 0 Å². The van der Waals surface area contributed by atoms with Gasteiger partial charge in [0.15, 0.2) is 0 Å². The van der Waals surface area contributed by atoms with Gasteiger partial charge in [-0.25, -0.2) is 0 Å². The highest BCUT2D eigenvalue weighted by atomic mass is 16.5. The van der Waals surface area contributed by atoms with E-state index in [1.807, 2.05) is 12.1 Å². The molecule has 0 fully saturated rings. The van der Waals surface area contributed by atoms with E-state index in [9.17, 15) is 0 Å². The first-order valence-electron chi connectivity index (χ1n) is 8.08. The van der Waals surface area contributed by atoms with E-state index in [4.69, 9.17) is 4.74 Å². The molecule has 1 heteroatoms. The fourth-order valence-electron chi connectivity index (χ4n) is 3.12. The number of hydrogen-bond acceptors (Lipinski definition) is 1. The number of benzene rings is 4. The first kappa shape index (κ1) is 14.5. The molecular formula is C23H18O. The van der Waals surface area contributed by atoms with E-state index in [2.05, 4.69) is 78.9 Å². The zero-order valence-corrected chi connectivity index (χ0v) is 13.6. The zero-order chi connectivity index (χ0) is 16.4. The highest BCUT2D eigenvalue weighted by Gasteiger charge is 2.04. The Morgan fingerprint density at radius 3 is 1.83 bits per heavy atom. The van der Waals surface area contributed by atoms with Crippen LogP contribution >= 0.6 is 0 Å². The molecular weight excluding hydrogens is 292 g/mol. The van der Waals surface area contributed by atoms with Crippen LogP contribution in [0.15, 0.2) is 78.9 Å². The van der Waals surface area contributed by atoms with Crippen molar-refractivity contribution in [3.63, 3.8) is 0 Å². The molecule has 0 atom stereocenters. The second-order valence-electron chi connectivity index (χ2n) is 5.84. The maximum Gasteiger partial charge on any atom is 0.118 e. The lowest BCUT2D eigenvalue weighted by Gasteiger charge is -2.08. The predicted octanol–water partition coefficient (Wildman–Crippen LogP) is 6.17. The quantitative estimate of drug-likeness (QED) is 0.325. The Morgan fingerprint density at radius 2 is 1.25 bits per heavy atom. The fraction of sp³-hybridized carbons (Fsp3) is 0.0435. The minimum atomic E-state index is 0.878. The summed E-state index contributed by atoms with van der Waals surface area (Å²) in [5, 5.41) is 5.10. The van der Waals surface area contributed by atoms with Crippen LogP contribution in [0.2, 0.25) is 0 Å². The Morgan fingerprint density at radius 1 is 0.667 bits per heavy atom. The van der Waals surface area contributed by atoms with Crippen molar-refractivity contribution in [3.05, 3.63) is 90.0 Å². The molecule has 0 aromatic heterocycles. The van der Waals surface area contributed by atoms with E-state index in [1.165, 1.54) is 27.1 Å². The second-order valence-corrected chi connectivity index (χ2v) is 5.84. The molecule has 0 bridgehead atoms. The number of fused-ring (bicyclic) bond motifs is 2. The Hall–Kier alpha value is -3.06. The molecule has 4 aromatic carbocycles. The van der Waals surface area contributed by atoms with Gasteiger partial charge < -0.3 is 4.74 Å². The van der Waals surface area contributed by atoms with Crippen molar-refractivity contribution >= 4 is 33.7 Å². The van der Waals surface area contributed by atoms with Crippen LogP contribution in [0.1, 0.15) is 11.1 Å². The van der Waals surface area contributed by atoms with Crippen LogP contribution in [0, 0.1) is 0 Å². The summed E-state index contributed by atoms with van der Waals surface area (Å²) in [6.07, 6.45) is 4.38. The smallest absolute Gasteiger partial charge is 0.118 e. The maximum absolute atomic E-state index is 5.22. The average Bonchev–Trinajstić information content (AvgIpc) is 2.65. The highest BCUT2D eigenvalue weighted by molar-refractivity contribution is 6.07. The first-order valence-corrected chi connectivity index (χ1v) is 8.08. The minimum absolute atomic E-state index is 0.878. The van der Waals surface area contributed by atoms with Gasteiger partial charge in [-0.1, -0.05) is 72.8 Å². The molecule has 0 heterocycles. The molecule has 0 aliphatic heterocycles. The Kier molecular flexibility index (Phi) is 3.76. The van der Waals surface area contributed by atoms with E-state index in [-0.39, 0.29) is 0 Å². The molecule has 0 radical (unpaired) electrons. The van der Waals surface area contributed by atoms with Gasteiger partial charge in [0.25, 0.3) is 0 Å². The van der Waals surface area contributed by atoms with Crippen molar-refractivity contribution in [2.75, 3.05) is 7.11 Å². The summed E-state index contributed by atoms with van der Waals surface area (Å²) < 4.78 is 5.22. The number of ether oxygens (including phenoxy) is 1. The topological polar surface area (TPSA) is 9.23 Å². The maximum atomic E-state index is 5.22. The summed E-state index contributed by atoms with van der Waals surface area (Å²) in [6.45, 7) is 0. The predicted molar refractivity (Wildman–Crippen MR) is 103 cm³/mol. The van der Waals surface area contributed by atoms with Crippen molar-refractivity contribution in [1.82, 2.24) is 0 Å². The molecule has 0 spiro atoms. The van der Waals surface area contributed by atoms with Gasteiger partial charge in [0.05, 0.1) is 7.11 Å². The van der Waals surface area contributed by atoms with Gasteiger partial charge in [0.2, 0.25) is 0 Å². The van der Waals surface area contributed by atoms with Crippen LogP contribution < -0.4 is 4.74 Å². The van der Waals surface area contributed by atoms with E-state index < -0.39 is 0 Å². The lowest BCUT2D eigenvalue weighted by Crippen LogP contribution is -1.84. The summed E-state index contributed by atoms with van der Waals surface area (Å²) in [4.78, 5) is 0. The van der Waals surface area contributed by atoms with Crippen LogP contribution in [0.25, 0.3) is 33.7 Å². The zero-order valence-electron chi connectivity index (χ0n) is 13.6. The summed E-state index contributed by atoms with van der Waals surface area (Å²) in [5.41, 5.74) is 2.42. The molecule has 4 rings (SSSR count). The molecule has 0 saturated heterocycles. The lowest BCUT2D eigenvalue weighted by atomic mass is 9.96. The molecule has 0 aliphatic rings. The van der Waals surface area contributed by atoms with Crippen molar-refractivity contribution in [1.29, 1.82) is 0 Å². The van der Waals surface area contributed by atoms with Gasteiger partial charge in [-0.15, -0.1) is 0 Å². The molecule has 0 aliphatic carbocycles. The van der Waals surface area contributed by atoms with Crippen LogP contribution in [0.3, 0.4) is 0 Å². The Bertz CT molecular complexity index is 973. The van der Waals surface area contributed by atoms with Gasteiger partial charge in [0, 0.05) is 0 Å². The molecule has 24 heavy (non-hydrogen) atoms. The molecule has 0 unspecified atom stereocenters. The summed E-state index contributed by atoms with van der Waals surface area (Å²) in [6, 6.07) is 27.5. The minimum Gasteiger partial charge on any atom is -0.497 e. The van der Waals surface area contributed by atoms with Crippen molar-refractivity contribution in [2.45, 2.75) is 0 Å². The van der Waals surface area contributed by atoms with E-state index in [0.29, 0.717) is 0 Å².